The molecule has 0 aromatic heterocycles. The molecule has 214 valence electrons. The molecule has 2 nitrogen and oxygen atoms in total. The zero-order valence-electron chi connectivity index (χ0n) is 25.1. The molecule has 0 heterocycles. The molecule has 35 heavy (non-hydrogen) atoms. The van der Waals surface area contributed by atoms with Gasteiger partial charge in [-0.15, -0.1) is 0 Å². The maximum absolute atomic E-state index is 5.48. The smallest absolute Gasteiger partial charge is 0.00773 e. The van der Waals surface area contributed by atoms with E-state index in [0.29, 0.717) is 0 Å². The van der Waals surface area contributed by atoms with Crippen molar-refractivity contribution in [2.75, 3.05) is 13.1 Å². The van der Waals surface area contributed by atoms with Crippen LogP contribution in [0.15, 0.2) is 0 Å². The Morgan fingerprint density at radius 3 is 0.514 bits per heavy atom. The van der Waals surface area contributed by atoms with Gasteiger partial charge < -0.3 is 11.5 Å². The van der Waals surface area contributed by atoms with Crippen LogP contribution in [-0.2, 0) is 0 Å². The van der Waals surface area contributed by atoms with Crippen LogP contribution < -0.4 is 11.5 Å². The van der Waals surface area contributed by atoms with Crippen LogP contribution in [0.2, 0.25) is 0 Å². The molecule has 0 saturated heterocycles. The van der Waals surface area contributed by atoms with Crippen LogP contribution in [0.5, 0.6) is 0 Å². The summed E-state index contributed by atoms with van der Waals surface area (Å²) in [4.78, 5) is 0. The van der Waals surface area contributed by atoms with Gasteiger partial charge >= 0.3 is 0 Å². The molecule has 2 heteroatoms. The molecule has 0 bridgehead atoms. The Kier molecular flexibility index (Phi) is 40.7. The van der Waals surface area contributed by atoms with Crippen molar-refractivity contribution in [2.45, 2.75) is 200 Å². The second-order valence-corrected chi connectivity index (χ2v) is 11.1. The van der Waals surface area contributed by atoms with Crippen LogP contribution in [-0.4, -0.2) is 13.1 Å². The monoisotopic (exact) mass is 497 g/mol. The van der Waals surface area contributed by atoms with Crippen molar-refractivity contribution in [1.29, 1.82) is 0 Å². The first-order valence-corrected chi connectivity index (χ1v) is 16.7. The highest BCUT2D eigenvalue weighted by atomic mass is 14.5. The predicted octanol–water partition coefficient (Wildman–Crippen LogP) is 11.2. The van der Waals surface area contributed by atoms with E-state index in [2.05, 4.69) is 13.8 Å². The SMILES string of the molecule is CCCCCCCCCCCCCCCCCN.CCCCCCCCCCCCCCCCN. The fourth-order valence-corrected chi connectivity index (χ4v) is 4.85. The summed E-state index contributed by atoms with van der Waals surface area (Å²) in [6, 6.07) is 0. The Labute approximate surface area is 224 Å². The molecular weight excluding hydrogens is 424 g/mol. The predicted molar refractivity (Wildman–Crippen MR) is 163 cm³/mol. The Bertz CT molecular complexity index is 288. The Balaban J connectivity index is 0. The summed E-state index contributed by atoms with van der Waals surface area (Å²) >= 11 is 0. The van der Waals surface area contributed by atoms with E-state index in [9.17, 15) is 0 Å². The van der Waals surface area contributed by atoms with Gasteiger partial charge in [-0.25, -0.2) is 0 Å². The van der Waals surface area contributed by atoms with Crippen molar-refractivity contribution in [3.63, 3.8) is 0 Å². The van der Waals surface area contributed by atoms with Crippen LogP contribution in [0.3, 0.4) is 0 Å². The van der Waals surface area contributed by atoms with Crippen LogP contribution >= 0.6 is 0 Å². The van der Waals surface area contributed by atoms with E-state index in [1.54, 1.807) is 0 Å². The maximum Gasteiger partial charge on any atom is -0.00773 e. The molecule has 0 unspecified atom stereocenters. The minimum atomic E-state index is 0.873. The molecule has 0 radical (unpaired) electrons. The van der Waals surface area contributed by atoms with Crippen molar-refractivity contribution in [1.82, 2.24) is 0 Å². The first kappa shape index (κ1) is 37.1. The Morgan fingerprint density at radius 1 is 0.229 bits per heavy atom. The molecule has 0 fully saturated rings. The molecule has 0 aromatic carbocycles. The van der Waals surface area contributed by atoms with E-state index in [0.717, 1.165) is 13.1 Å². The summed E-state index contributed by atoms with van der Waals surface area (Å²) < 4.78 is 0. The normalized spacial score (nSPS) is 11.0. The largest absolute Gasteiger partial charge is 0.330 e. The third kappa shape index (κ3) is 41.3. The van der Waals surface area contributed by atoms with Crippen molar-refractivity contribution in [3.8, 4) is 0 Å². The average molecular weight is 497 g/mol. The molecule has 0 saturated carbocycles. The van der Waals surface area contributed by atoms with Crippen molar-refractivity contribution in [3.05, 3.63) is 0 Å². The van der Waals surface area contributed by atoms with E-state index in [1.165, 1.54) is 186 Å². The van der Waals surface area contributed by atoms with Gasteiger partial charge in [-0.2, -0.15) is 0 Å². The van der Waals surface area contributed by atoms with E-state index >= 15 is 0 Å². The topological polar surface area (TPSA) is 52.0 Å². The summed E-state index contributed by atoms with van der Waals surface area (Å²) in [5, 5.41) is 0. The van der Waals surface area contributed by atoms with E-state index in [1.807, 2.05) is 0 Å². The number of unbranched alkanes of at least 4 members (excludes halogenated alkanes) is 27. The van der Waals surface area contributed by atoms with Gasteiger partial charge in [0, 0.05) is 0 Å². The number of hydrogen-bond acceptors (Lipinski definition) is 2. The lowest BCUT2D eigenvalue weighted by atomic mass is 10.0. The van der Waals surface area contributed by atoms with Crippen LogP contribution in [0.4, 0.5) is 0 Å². The van der Waals surface area contributed by atoms with Gasteiger partial charge in [0.05, 0.1) is 0 Å². The number of rotatable bonds is 29. The molecular formula is C33H72N2. The molecule has 0 rings (SSSR count). The lowest BCUT2D eigenvalue weighted by Gasteiger charge is -2.03. The minimum absolute atomic E-state index is 0.873. The highest BCUT2D eigenvalue weighted by Crippen LogP contribution is 2.14. The molecule has 0 aliphatic heterocycles. The van der Waals surface area contributed by atoms with Crippen LogP contribution in [0, 0.1) is 0 Å². The van der Waals surface area contributed by atoms with Crippen LogP contribution in [0.25, 0.3) is 0 Å². The molecule has 0 amide bonds. The van der Waals surface area contributed by atoms with Crippen molar-refractivity contribution >= 4 is 0 Å². The Morgan fingerprint density at radius 2 is 0.371 bits per heavy atom. The van der Waals surface area contributed by atoms with Gasteiger partial charge in [-0.05, 0) is 25.9 Å². The van der Waals surface area contributed by atoms with Gasteiger partial charge in [-0.1, -0.05) is 187 Å². The van der Waals surface area contributed by atoms with Gasteiger partial charge in [-0.3, -0.25) is 0 Å². The maximum atomic E-state index is 5.48. The summed E-state index contributed by atoms with van der Waals surface area (Å²) in [6.07, 6.45) is 41.2. The van der Waals surface area contributed by atoms with Crippen molar-refractivity contribution in [2.24, 2.45) is 11.5 Å². The molecule has 0 atom stereocenters. The summed E-state index contributed by atoms with van der Waals surface area (Å²) in [6.45, 7) is 6.32. The molecule has 0 aliphatic rings. The minimum Gasteiger partial charge on any atom is -0.330 e. The second kappa shape index (κ2) is 38.5. The van der Waals surface area contributed by atoms with Crippen molar-refractivity contribution < 1.29 is 0 Å². The quantitative estimate of drug-likeness (QED) is 0.101. The third-order valence-electron chi connectivity index (χ3n) is 7.37. The molecule has 4 N–H and O–H groups in total. The standard InChI is InChI=1S/C17H37N.C16H35N/c1-2-3-4-5-6-7-8-9-10-11-12-13-14-15-16-17-18;1-2-3-4-5-6-7-8-9-10-11-12-13-14-15-16-17/h2-18H2,1H3;2-17H2,1H3. The zero-order chi connectivity index (χ0) is 25.9. The third-order valence-corrected chi connectivity index (χ3v) is 7.37. The first-order valence-electron chi connectivity index (χ1n) is 16.7. The van der Waals surface area contributed by atoms with E-state index < -0.39 is 0 Å². The summed E-state index contributed by atoms with van der Waals surface area (Å²) in [7, 11) is 0. The van der Waals surface area contributed by atoms with Gasteiger partial charge in [0.25, 0.3) is 0 Å². The van der Waals surface area contributed by atoms with E-state index in [-0.39, 0.29) is 0 Å². The van der Waals surface area contributed by atoms with E-state index in [4.69, 9.17) is 11.5 Å². The molecule has 0 aliphatic carbocycles. The lowest BCUT2D eigenvalue weighted by molar-refractivity contribution is 0.533. The fourth-order valence-electron chi connectivity index (χ4n) is 4.85. The van der Waals surface area contributed by atoms with Crippen LogP contribution in [0.1, 0.15) is 200 Å². The number of hydrogen-bond donors (Lipinski definition) is 2. The van der Waals surface area contributed by atoms with Gasteiger partial charge in [0.1, 0.15) is 0 Å². The highest BCUT2D eigenvalue weighted by molar-refractivity contribution is 4.51. The highest BCUT2D eigenvalue weighted by Gasteiger charge is 1.95. The number of nitrogens with two attached hydrogens (primary N) is 2. The zero-order valence-corrected chi connectivity index (χ0v) is 25.1. The fraction of sp³-hybridized carbons (Fsp3) is 1.00. The summed E-state index contributed by atoms with van der Waals surface area (Å²) in [5.41, 5.74) is 10.9. The summed E-state index contributed by atoms with van der Waals surface area (Å²) in [5.74, 6) is 0. The first-order chi connectivity index (χ1) is 17.3. The second-order valence-electron chi connectivity index (χ2n) is 11.1. The Hall–Kier alpha value is -0.0800. The van der Waals surface area contributed by atoms with Gasteiger partial charge in [0.15, 0.2) is 0 Å². The molecule has 0 aromatic rings. The molecule has 0 spiro atoms. The average Bonchev–Trinajstić information content (AvgIpc) is 2.87. The van der Waals surface area contributed by atoms with Gasteiger partial charge in [0.2, 0.25) is 0 Å². The lowest BCUT2D eigenvalue weighted by Crippen LogP contribution is -1.97.